The van der Waals surface area contributed by atoms with Gasteiger partial charge in [0.1, 0.15) is 17.8 Å². The van der Waals surface area contributed by atoms with Gasteiger partial charge >= 0.3 is 6.18 Å². The molecule has 0 radical (unpaired) electrons. The molecular formula is C19H19F3N8OS. The second kappa shape index (κ2) is 6.64. The molecule has 4 aromatic heterocycles. The molecule has 32 heavy (non-hydrogen) atoms. The van der Waals surface area contributed by atoms with Crippen LogP contribution in [-0.2, 0) is 28.1 Å². The molecule has 0 aromatic carbocycles. The van der Waals surface area contributed by atoms with E-state index in [1.165, 1.54) is 12.5 Å². The fourth-order valence-electron chi connectivity index (χ4n) is 4.12. The minimum absolute atomic E-state index is 0.136. The number of alkyl halides is 3. The Hall–Kier alpha value is -3.22. The maximum Gasteiger partial charge on any atom is 0.408 e. The van der Waals surface area contributed by atoms with Crippen LogP contribution < -0.4 is 0 Å². The molecule has 1 saturated carbocycles. The van der Waals surface area contributed by atoms with Gasteiger partial charge in [0, 0.05) is 31.3 Å². The Kier molecular flexibility index (Phi) is 4.29. The molecule has 0 bridgehead atoms. The largest absolute Gasteiger partial charge is 0.408 e. The van der Waals surface area contributed by atoms with Gasteiger partial charge in [0.05, 0.1) is 37.1 Å². The highest BCUT2D eigenvalue weighted by Gasteiger charge is 2.53. The summed E-state index contributed by atoms with van der Waals surface area (Å²) in [6.07, 6.45) is 0.730. The molecule has 5 rings (SSSR count). The summed E-state index contributed by atoms with van der Waals surface area (Å²) in [6.45, 7) is -1.34. The number of pyridine rings is 1. The van der Waals surface area contributed by atoms with Crippen LogP contribution in [0.1, 0.15) is 18.4 Å². The van der Waals surface area contributed by atoms with Crippen LogP contribution in [0.4, 0.5) is 13.2 Å². The third kappa shape index (κ3) is 3.18. The van der Waals surface area contributed by atoms with E-state index in [9.17, 15) is 17.4 Å². The van der Waals surface area contributed by atoms with Crippen molar-refractivity contribution in [3.8, 4) is 22.8 Å². The summed E-state index contributed by atoms with van der Waals surface area (Å²) >= 11 is 0. The summed E-state index contributed by atoms with van der Waals surface area (Å²) < 4.78 is 63.0. The van der Waals surface area contributed by atoms with Gasteiger partial charge in [-0.25, -0.2) is 9.19 Å². The Morgan fingerprint density at radius 3 is 2.56 bits per heavy atom. The number of aromatic nitrogens is 7. The lowest BCUT2D eigenvalue weighted by Crippen LogP contribution is -2.23. The van der Waals surface area contributed by atoms with Crippen molar-refractivity contribution >= 4 is 20.8 Å². The van der Waals surface area contributed by atoms with Crippen LogP contribution in [0.15, 0.2) is 30.6 Å². The molecule has 1 fully saturated rings. The highest BCUT2D eigenvalue weighted by Crippen LogP contribution is 2.55. The zero-order chi connectivity index (χ0) is 22.9. The smallest absolute Gasteiger partial charge is 0.276 e. The van der Waals surface area contributed by atoms with Crippen LogP contribution in [0.2, 0.25) is 0 Å². The van der Waals surface area contributed by atoms with Crippen LogP contribution >= 0.6 is 0 Å². The monoisotopic (exact) mass is 464 g/mol. The molecule has 1 atom stereocenters. The Bertz CT molecular complexity index is 1430. The summed E-state index contributed by atoms with van der Waals surface area (Å²) in [4.78, 5) is 4.66. The summed E-state index contributed by atoms with van der Waals surface area (Å²) in [5, 5.41) is 15.0. The van der Waals surface area contributed by atoms with Gasteiger partial charge in [-0.15, -0.1) is 0 Å². The van der Waals surface area contributed by atoms with Crippen molar-refractivity contribution < 1.29 is 17.4 Å². The molecule has 4 aromatic rings. The third-order valence-corrected chi connectivity index (χ3v) is 7.92. The molecule has 1 aliphatic rings. The number of aromatic amines is 1. The maximum atomic E-state index is 13.4. The van der Waals surface area contributed by atoms with Crippen molar-refractivity contribution in [1.29, 1.82) is 4.78 Å². The molecule has 1 unspecified atom stereocenters. The lowest BCUT2D eigenvalue weighted by atomic mass is 10.1. The van der Waals surface area contributed by atoms with Crippen LogP contribution in [-0.4, -0.2) is 51.4 Å². The van der Waals surface area contributed by atoms with Crippen molar-refractivity contribution in [1.82, 2.24) is 34.7 Å². The van der Waals surface area contributed by atoms with Crippen molar-refractivity contribution in [2.24, 2.45) is 7.05 Å². The molecule has 0 amide bonds. The third-order valence-electron chi connectivity index (χ3n) is 5.80. The number of aryl methyl sites for hydroxylation is 1. The number of rotatable bonds is 5. The van der Waals surface area contributed by atoms with Crippen LogP contribution in [0, 0.1) is 4.78 Å². The van der Waals surface area contributed by atoms with E-state index in [0.717, 1.165) is 4.68 Å². The van der Waals surface area contributed by atoms with E-state index in [2.05, 4.69) is 25.4 Å². The first-order valence-corrected chi connectivity index (χ1v) is 11.7. The van der Waals surface area contributed by atoms with E-state index >= 15 is 0 Å². The topological polar surface area (TPSA) is 118 Å². The molecule has 4 heterocycles. The maximum absolute atomic E-state index is 13.4. The molecule has 9 nitrogen and oxygen atoms in total. The summed E-state index contributed by atoms with van der Waals surface area (Å²) in [6, 6.07) is 4.96. The van der Waals surface area contributed by atoms with Crippen molar-refractivity contribution in [2.75, 3.05) is 6.26 Å². The van der Waals surface area contributed by atoms with Gasteiger partial charge in [-0.05, 0) is 31.0 Å². The number of halogens is 3. The zero-order valence-electron chi connectivity index (χ0n) is 17.1. The van der Waals surface area contributed by atoms with E-state index in [1.807, 2.05) is 0 Å². The molecule has 0 aliphatic heterocycles. The summed E-state index contributed by atoms with van der Waals surface area (Å²) in [7, 11) is -1.40. The van der Waals surface area contributed by atoms with Gasteiger partial charge in [-0.3, -0.25) is 19.2 Å². The van der Waals surface area contributed by atoms with Gasteiger partial charge < -0.3 is 0 Å². The Morgan fingerprint density at radius 1 is 1.28 bits per heavy atom. The fourth-order valence-corrected chi connectivity index (χ4v) is 5.58. The van der Waals surface area contributed by atoms with E-state index in [0.29, 0.717) is 35.5 Å². The Balaban J connectivity index is 1.90. The highest BCUT2D eigenvalue weighted by atomic mass is 32.2. The number of fused-ring (bicyclic) bond motifs is 1. The van der Waals surface area contributed by atoms with Crippen LogP contribution in [0.5, 0.6) is 0 Å². The summed E-state index contributed by atoms with van der Waals surface area (Å²) in [5.74, 6) is 0. The predicted molar refractivity (Wildman–Crippen MR) is 111 cm³/mol. The minimum atomic E-state index is -4.53. The normalized spacial score (nSPS) is 17.5. The van der Waals surface area contributed by atoms with Crippen LogP contribution in [0.25, 0.3) is 33.8 Å². The summed E-state index contributed by atoms with van der Waals surface area (Å²) in [5.41, 5.74) is 2.45. The van der Waals surface area contributed by atoms with Gasteiger partial charge in [-0.2, -0.15) is 28.5 Å². The first-order chi connectivity index (χ1) is 15.0. The van der Waals surface area contributed by atoms with Crippen molar-refractivity contribution in [3.05, 3.63) is 36.2 Å². The van der Waals surface area contributed by atoms with E-state index < -0.39 is 27.2 Å². The first-order valence-electron chi connectivity index (χ1n) is 9.70. The van der Waals surface area contributed by atoms with Gasteiger partial charge in [0.15, 0.2) is 0 Å². The average molecular weight is 464 g/mol. The molecule has 13 heteroatoms. The lowest BCUT2D eigenvalue weighted by molar-refractivity contribution is -0.141. The number of H-pyrrole nitrogens is 1. The number of hydrogen-bond acceptors (Lipinski definition) is 6. The molecule has 0 spiro atoms. The Labute approximate surface area is 180 Å². The predicted octanol–water partition coefficient (Wildman–Crippen LogP) is 3.45. The van der Waals surface area contributed by atoms with Crippen molar-refractivity contribution in [3.63, 3.8) is 0 Å². The zero-order valence-corrected chi connectivity index (χ0v) is 18.0. The van der Waals surface area contributed by atoms with E-state index in [1.54, 1.807) is 36.1 Å². The van der Waals surface area contributed by atoms with Gasteiger partial charge in [0.25, 0.3) is 0 Å². The Morgan fingerprint density at radius 2 is 2.03 bits per heavy atom. The second-order valence-corrected chi connectivity index (χ2v) is 10.5. The number of nitrogens with zero attached hydrogens (tertiary/aromatic N) is 6. The molecule has 168 valence electrons. The standard InChI is InChI=1S/C19H19F3N8OS/c1-29-14(4-8-25-29)13-9-11(18(5-6-18)32(2,23)31)17-16(26-13)15(12-3-7-24-27-12)28-30(17)10-19(20,21)22/h3-4,7-9,23H,5-6,10H2,1-2H3,(H,24,27). The minimum Gasteiger partial charge on any atom is -0.276 e. The number of hydrogen-bond donors (Lipinski definition) is 2. The van der Waals surface area contributed by atoms with E-state index in [-0.39, 0.29) is 16.7 Å². The quantitative estimate of drug-likeness (QED) is 0.469. The lowest BCUT2D eigenvalue weighted by Gasteiger charge is -2.20. The molecule has 1 aliphatic carbocycles. The molecular weight excluding hydrogens is 445 g/mol. The SMILES string of the molecule is Cn1nccc1-c1cc(C2(S(C)(=N)=O)CC2)c2c(n1)c(-c1ccn[nH]1)nn2CC(F)(F)F. The van der Waals surface area contributed by atoms with E-state index in [4.69, 9.17) is 4.78 Å². The molecule has 0 saturated heterocycles. The number of nitrogens with one attached hydrogen (secondary N) is 2. The second-order valence-electron chi connectivity index (χ2n) is 8.02. The first kappa shape index (κ1) is 20.7. The molecule has 2 N–H and O–H groups in total. The van der Waals surface area contributed by atoms with Crippen molar-refractivity contribution in [2.45, 2.75) is 30.3 Å². The average Bonchev–Trinajstić information content (AvgIpc) is 2.99. The van der Waals surface area contributed by atoms with Gasteiger partial charge in [0.2, 0.25) is 0 Å². The van der Waals surface area contributed by atoms with Gasteiger partial charge in [-0.1, -0.05) is 0 Å². The highest BCUT2D eigenvalue weighted by molar-refractivity contribution is 7.93. The van der Waals surface area contributed by atoms with Crippen LogP contribution in [0.3, 0.4) is 0 Å². The fraction of sp³-hybridized carbons (Fsp3) is 0.368.